The lowest BCUT2D eigenvalue weighted by molar-refractivity contribution is -0.143. The Balaban J connectivity index is 2.46. The van der Waals surface area contributed by atoms with E-state index in [1.807, 2.05) is 6.92 Å². The minimum absolute atomic E-state index is 0.0826. The number of carbonyl (C=O) groups is 2. The number of ketones is 1. The zero-order valence-electron chi connectivity index (χ0n) is 11.8. The van der Waals surface area contributed by atoms with E-state index in [0.29, 0.717) is 17.9 Å². The first-order valence-electron chi connectivity index (χ1n) is 6.60. The van der Waals surface area contributed by atoms with Gasteiger partial charge in [0, 0.05) is 12.0 Å². The van der Waals surface area contributed by atoms with Crippen LogP contribution in [0.25, 0.3) is 0 Å². The maximum atomic E-state index is 12.0. The molecule has 0 aliphatic heterocycles. The Kier molecular flexibility index (Phi) is 7.30. The van der Waals surface area contributed by atoms with Crippen molar-refractivity contribution in [1.29, 1.82) is 0 Å². The number of Topliss-reactive ketones (excluding diaryl/α,β-unsaturated/α-hetero) is 1. The van der Waals surface area contributed by atoms with Crippen molar-refractivity contribution in [2.75, 3.05) is 13.7 Å². The molecular weight excluding hydrogens is 324 g/mol. The second kappa shape index (κ2) is 8.74. The monoisotopic (exact) mass is 342 g/mol. The Morgan fingerprint density at radius 3 is 2.60 bits per heavy atom. The third kappa shape index (κ3) is 5.33. The largest absolute Gasteiger partial charge is 0.496 e. The van der Waals surface area contributed by atoms with Gasteiger partial charge in [0.15, 0.2) is 5.78 Å². The molecule has 110 valence electrons. The molecule has 0 aliphatic rings. The van der Waals surface area contributed by atoms with E-state index in [4.69, 9.17) is 9.47 Å². The van der Waals surface area contributed by atoms with Crippen LogP contribution in [0, 0.1) is 0 Å². The van der Waals surface area contributed by atoms with E-state index in [1.165, 1.54) is 0 Å². The number of halogens is 1. The SMILES string of the molecule is CCCCOC(=O)CCC(=O)c1ccc(OC)c(Br)c1. The number of esters is 1. The van der Waals surface area contributed by atoms with Crippen LogP contribution in [0.5, 0.6) is 5.75 Å². The van der Waals surface area contributed by atoms with Crippen LogP contribution >= 0.6 is 15.9 Å². The average Bonchev–Trinajstić information content (AvgIpc) is 2.45. The van der Waals surface area contributed by atoms with Crippen molar-refractivity contribution in [3.63, 3.8) is 0 Å². The zero-order chi connectivity index (χ0) is 15.0. The van der Waals surface area contributed by atoms with Gasteiger partial charge in [0.05, 0.1) is 24.6 Å². The van der Waals surface area contributed by atoms with Crippen LogP contribution in [0.1, 0.15) is 43.0 Å². The predicted molar refractivity (Wildman–Crippen MR) is 80.1 cm³/mol. The quantitative estimate of drug-likeness (QED) is 0.410. The summed E-state index contributed by atoms with van der Waals surface area (Å²) in [5, 5.41) is 0. The van der Waals surface area contributed by atoms with Crippen LogP contribution < -0.4 is 4.74 Å². The predicted octanol–water partition coefficient (Wildman–Crippen LogP) is 3.76. The first-order valence-corrected chi connectivity index (χ1v) is 7.40. The zero-order valence-corrected chi connectivity index (χ0v) is 13.4. The van der Waals surface area contributed by atoms with E-state index in [2.05, 4.69) is 15.9 Å². The van der Waals surface area contributed by atoms with Gasteiger partial charge in [-0.15, -0.1) is 0 Å². The molecule has 0 atom stereocenters. The standard InChI is InChI=1S/C15H19BrO4/c1-3-4-9-20-15(18)8-6-13(17)11-5-7-14(19-2)12(16)10-11/h5,7,10H,3-4,6,8-9H2,1-2H3. The molecule has 0 aliphatic carbocycles. The average molecular weight is 343 g/mol. The maximum Gasteiger partial charge on any atom is 0.306 e. The molecule has 0 amide bonds. The fourth-order valence-electron chi connectivity index (χ4n) is 1.60. The molecule has 0 fully saturated rings. The number of hydrogen-bond acceptors (Lipinski definition) is 4. The highest BCUT2D eigenvalue weighted by molar-refractivity contribution is 9.10. The normalized spacial score (nSPS) is 10.2. The molecule has 1 aromatic carbocycles. The third-order valence-electron chi connectivity index (χ3n) is 2.79. The van der Waals surface area contributed by atoms with Gasteiger partial charge in [0.25, 0.3) is 0 Å². The number of benzene rings is 1. The first-order chi connectivity index (χ1) is 9.58. The summed E-state index contributed by atoms with van der Waals surface area (Å²) in [5.74, 6) is 0.265. The number of ether oxygens (including phenoxy) is 2. The van der Waals surface area contributed by atoms with Crippen molar-refractivity contribution < 1.29 is 19.1 Å². The van der Waals surface area contributed by atoms with E-state index in [1.54, 1.807) is 25.3 Å². The Morgan fingerprint density at radius 2 is 2.00 bits per heavy atom. The molecule has 4 nitrogen and oxygen atoms in total. The number of unbranched alkanes of at least 4 members (excludes halogenated alkanes) is 1. The molecule has 0 N–H and O–H groups in total. The van der Waals surface area contributed by atoms with Crippen molar-refractivity contribution in [3.05, 3.63) is 28.2 Å². The molecule has 20 heavy (non-hydrogen) atoms. The molecule has 0 saturated carbocycles. The molecule has 1 rings (SSSR count). The van der Waals surface area contributed by atoms with Crippen molar-refractivity contribution in [2.24, 2.45) is 0 Å². The van der Waals surface area contributed by atoms with Gasteiger partial charge in [-0.1, -0.05) is 13.3 Å². The number of methoxy groups -OCH3 is 1. The van der Waals surface area contributed by atoms with Gasteiger partial charge in [-0.3, -0.25) is 9.59 Å². The summed E-state index contributed by atoms with van der Waals surface area (Å²) in [6.45, 7) is 2.45. The molecule has 0 saturated heterocycles. The number of hydrogen-bond donors (Lipinski definition) is 0. The number of rotatable bonds is 8. The maximum absolute atomic E-state index is 12.0. The van der Waals surface area contributed by atoms with E-state index in [9.17, 15) is 9.59 Å². The van der Waals surface area contributed by atoms with Crippen molar-refractivity contribution in [1.82, 2.24) is 0 Å². The lowest BCUT2D eigenvalue weighted by atomic mass is 10.1. The van der Waals surface area contributed by atoms with E-state index in [-0.39, 0.29) is 24.6 Å². The Morgan fingerprint density at radius 1 is 1.25 bits per heavy atom. The second-order valence-electron chi connectivity index (χ2n) is 4.35. The summed E-state index contributed by atoms with van der Waals surface area (Å²) >= 11 is 3.33. The van der Waals surface area contributed by atoms with Crippen LogP contribution in [0.2, 0.25) is 0 Å². The van der Waals surface area contributed by atoms with Crippen molar-refractivity contribution >= 4 is 27.7 Å². The van der Waals surface area contributed by atoms with Crippen molar-refractivity contribution in [3.8, 4) is 5.75 Å². The van der Waals surface area contributed by atoms with E-state index in [0.717, 1.165) is 17.3 Å². The van der Waals surface area contributed by atoms with Gasteiger partial charge in [0.2, 0.25) is 0 Å². The van der Waals surface area contributed by atoms with Gasteiger partial charge >= 0.3 is 5.97 Å². The van der Waals surface area contributed by atoms with Crippen molar-refractivity contribution in [2.45, 2.75) is 32.6 Å². The summed E-state index contributed by atoms with van der Waals surface area (Å²) in [4.78, 5) is 23.4. The highest BCUT2D eigenvalue weighted by atomic mass is 79.9. The second-order valence-corrected chi connectivity index (χ2v) is 5.20. The van der Waals surface area contributed by atoms with Crippen LogP contribution in [0.3, 0.4) is 0 Å². The first kappa shape index (κ1) is 16.7. The molecule has 0 unspecified atom stereocenters. The Labute approximate surface area is 127 Å². The molecule has 0 radical (unpaired) electrons. The molecule has 0 bridgehead atoms. The fourth-order valence-corrected chi connectivity index (χ4v) is 2.14. The van der Waals surface area contributed by atoms with Gasteiger partial charge in [0.1, 0.15) is 5.75 Å². The van der Waals surface area contributed by atoms with E-state index >= 15 is 0 Å². The molecular formula is C15H19BrO4. The number of carbonyl (C=O) groups excluding carboxylic acids is 2. The topological polar surface area (TPSA) is 52.6 Å². The van der Waals surface area contributed by atoms with Gasteiger partial charge < -0.3 is 9.47 Å². The smallest absolute Gasteiger partial charge is 0.306 e. The lowest BCUT2D eigenvalue weighted by Crippen LogP contribution is -2.09. The van der Waals surface area contributed by atoms with E-state index < -0.39 is 0 Å². The fraction of sp³-hybridized carbons (Fsp3) is 0.467. The Bertz CT molecular complexity index is 471. The van der Waals surface area contributed by atoms with Crippen LogP contribution in [0.15, 0.2) is 22.7 Å². The highest BCUT2D eigenvalue weighted by Crippen LogP contribution is 2.26. The Hall–Kier alpha value is -1.36. The summed E-state index contributed by atoms with van der Waals surface area (Å²) < 4.78 is 10.8. The molecule has 1 aromatic rings. The minimum atomic E-state index is -0.320. The minimum Gasteiger partial charge on any atom is -0.496 e. The summed E-state index contributed by atoms with van der Waals surface area (Å²) in [7, 11) is 1.56. The molecule has 0 spiro atoms. The summed E-state index contributed by atoms with van der Waals surface area (Å²) in [5.41, 5.74) is 0.555. The van der Waals surface area contributed by atoms with Gasteiger partial charge in [-0.25, -0.2) is 0 Å². The van der Waals surface area contributed by atoms with Gasteiger partial charge in [-0.05, 0) is 40.5 Å². The van der Waals surface area contributed by atoms with Gasteiger partial charge in [-0.2, -0.15) is 0 Å². The molecule has 5 heteroatoms. The van der Waals surface area contributed by atoms with Crippen LogP contribution in [0.4, 0.5) is 0 Å². The molecule has 0 aromatic heterocycles. The summed E-state index contributed by atoms with van der Waals surface area (Å²) in [6, 6.07) is 5.11. The van der Waals surface area contributed by atoms with Crippen LogP contribution in [-0.4, -0.2) is 25.5 Å². The van der Waals surface area contributed by atoms with Crippen LogP contribution in [-0.2, 0) is 9.53 Å². The third-order valence-corrected chi connectivity index (χ3v) is 3.41. The summed E-state index contributed by atoms with van der Waals surface area (Å²) in [6.07, 6.45) is 2.10. The lowest BCUT2D eigenvalue weighted by Gasteiger charge is -2.06. The highest BCUT2D eigenvalue weighted by Gasteiger charge is 2.12. The molecule has 0 heterocycles.